The van der Waals surface area contributed by atoms with Crippen molar-refractivity contribution in [2.24, 2.45) is 0 Å². The highest BCUT2D eigenvalue weighted by molar-refractivity contribution is 6.31. The molecule has 0 aliphatic rings. The summed E-state index contributed by atoms with van der Waals surface area (Å²) < 4.78 is 7.05. The zero-order chi connectivity index (χ0) is 14.8. The normalized spacial score (nSPS) is 10.8. The number of halogens is 1. The highest BCUT2D eigenvalue weighted by Crippen LogP contribution is 2.29. The fourth-order valence-corrected chi connectivity index (χ4v) is 2.59. The number of hydrogen-bond donors (Lipinski definition) is 0. The number of fused-ring (bicyclic) bond motifs is 1. The summed E-state index contributed by atoms with van der Waals surface area (Å²) in [5.41, 5.74) is 3.44. The van der Waals surface area contributed by atoms with Gasteiger partial charge in [0.25, 0.3) is 0 Å². The first-order chi connectivity index (χ1) is 10.2. The molecule has 0 aliphatic heterocycles. The molecular weight excluding hydrogens is 286 g/mol. The van der Waals surface area contributed by atoms with Crippen LogP contribution in [0.4, 0.5) is 0 Å². The first-order valence-electron chi connectivity index (χ1n) is 6.58. The van der Waals surface area contributed by atoms with Crippen LogP contribution in [0.15, 0.2) is 54.7 Å². The van der Waals surface area contributed by atoms with Gasteiger partial charge in [0.15, 0.2) is 5.78 Å². The minimum absolute atomic E-state index is 0.0375. The number of alkyl halides is 1. The van der Waals surface area contributed by atoms with Gasteiger partial charge in [-0.3, -0.25) is 4.79 Å². The summed E-state index contributed by atoms with van der Waals surface area (Å²) >= 11 is 5.77. The first kappa shape index (κ1) is 13.7. The van der Waals surface area contributed by atoms with E-state index in [9.17, 15) is 4.79 Å². The molecule has 0 N–H and O–H groups in total. The predicted octanol–water partition coefficient (Wildman–Crippen LogP) is 4.04. The molecule has 3 aromatic rings. The summed E-state index contributed by atoms with van der Waals surface area (Å²) in [6.07, 6.45) is 1.88. The van der Waals surface area contributed by atoms with Crippen LogP contribution in [0.2, 0.25) is 0 Å². The van der Waals surface area contributed by atoms with Crippen LogP contribution in [0.1, 0.15) is 10.5 Å². The molecular formula is C17H14ClNO2. The summed E-state index contributed by atoms with van der Waals surface area (Å²) in [5, 5.41) is 0. The minimum atomic E-state index is -0.0892. The Morgan fingerprint density at radius 1 is 1.19 bits per heavy atom. The van der Waals surface area contributed by atoms with E-state index in [0.29, 0.717) is 5.69 Å². The van der Waals surface area contributed by atoms with E-state index in [2.05, 4.69) is 0 Å². The van der Waals surface area contributed by atoms with Gasteiger partial charge in [0, 0.05) is 17.3 Å². The summed E-state index contributed by atoms with van der Waals surface area (Å²) in [4.78, 5) is 12.2. The monoisotopic (exact) mass is 299 g/mol. The molecule has 106 valence electrons. The number of rotatable bonds is 4. The molecule has 0 amide bonds. The van der Waals surface area contributed by atoms with E-state index < -0.39 is 0 Å². The summed E-state index contributed by atoms with van der Waals surface area (Å²) in [6.45, 7) is 0. The van der Waals surface area contributed by atoms with Gasteiger partial charge in [0.05, 0.1) is 18.7 Å². The van der Waals surface area contributed by atoms with Gasteiger partial charge >= 0.3 is 0 Å². The number of pyridine rings is 1. The lowest BCUT2D eigenvalue weighted by atomic mass is 10.0. The molecule has 0 fully saturated rings. The van der Waals surface area contributed by atoms with E-state index >= 15 is 0 Å². The fraction of sp³-hybridized carbons (Fsp3) is 0.118. The Labute approximate surface area is 127 Å². The molecule has 0 atom stereocenters. The van der Waals surface area contributed by atoms with Gasteiger partial charge in [-0.2, -0.15) is 0 Å². The molecule has 0 radical (unpaired) electrons. The van der Waals surface area contributed by atoms with Crippen LogP contribution >= 0.6 is 11.6 Å². The van der Waals surface area contributed by atoms with Gasteiger partial charge < -0.3 is 9.14 Å². The third kappa shape index (κ3) is 2.41. The Kier molecular flexibility index (Phi) is 3.67. The molecule has 0 bridgehead atoms. The third-order valence-electron chi connectivity index (χ3n) is 3.47. The molecule has 1 aromatic carbocycles. The maximum absolute atomic E-state index is 12.2. The van der Waals surface area contributed by atoms with Crippen molar-refractivity contribution in [3.63, 3.8) is 0 Å². The Balaban J connectivity index is 2.22. The van der Waals surface area contributed by atoms with Gasteiger partial charge in [-0.15, -0.1) is 11.6 Å². The highest BCUT2D eigenvalue weighted by atomic mass is 35.5. The lowest BCUT2D eigenvalue weighted by Gasteiger charge is -2.05. The molecule has 4 heteroatoms. The molecule has 2 heterocycles. The lowest BCUT2D eigenvalue weighted by molar-refractivity contribution is 0.101. The molecule has 21 heavy (non-hydrogen) atoms. The number of Topliss-reactive ketones (excluding diaryl/α,β-unsaturated/α-hetero) is 1. The van der Waals surface area contributed by atoms with Crippen molar-refractivity contribution in [3.8, 4) is 16.9 Å². The Morgan fingerprint density at radius 2 is 1.95 bits per heavy atom. The number of ketones is 1. The highest BCUT2D eigenvalue weighted by Gasteiger charge is 2.17. The van der Waals surface area contributed by atoms with E-state index in [1.165, 1.54) is 0 Å². The standard InChI is InChI=1S/C17H14ClNO2/c1-21-14-7-5-12(6-8-14)15-10-13-4-2-3-9-19(13)17(15)16(20)11-18/h2-10H,11H2,1H3. The van der Waals surface area contributed by atoms with Gasteiger partial charge in [0.1, 0.15) is 5.75 Å². The van der Waals surface area contributed by atoms with E-state index in [1.54, 1.807) is 7.11 Å². The predicted molar refractivity (Wildman–Crippen MR) is 84.4 cm³/mol. The van der Waals surface area contributed by atoms with Crippen LogP contribution < -0.4 is 4.74 Å². The largest absolute Gasteiger partial charge is 0.497 e. The maximum Gasteiger partial charge on any atom is 0.194 e. The first-order valence-corrected chi connectivity index (χ1v) is 7.11. The van der Waals surface area contributed by atoms with Crippen LogP contribution in [0.5, 0.6) is 5.75 Å². The summed E-state index contributed by atoms with van der Waals surface area (Å²) in [7, 11) is 1.63. The van der Waals surface area contributed by atoms with Gasteiger partial charge in [-0.05, 0) is 35.9 Å². The SMILES string of the molecule is COc1ccc(-c2cc3ccccn3c2C(=O)CCl)cc1. The number of benzene rings is 1. The molecule has 2 aromatic heterocycles. The molecule has 0 saturated carbocycles. The fourth-order valence-electron chi connectivity index (χ4n) is 2.46. The van der Waals surface area contributed by atoms with Crippen molar-refractivity contribution >= 4 is 22.9 Å². The van der Waals surface area contributed by atoms with Crippen molar-refractivity contribution in [1.29, 1.82) is 0 Å². The Morgan fingerprint density at radius 3 is 2.62 bits per heavy atom. The van der Waals surface area contributed by atoms with E-state index in [-0.39, 0.29) is 11.7 Å². The van der Waals surface area contributed by atoms with Crippen LogP contribution in [0.3, 0.4) is 0 Å². The van der Waals surface area contributed by atoms with Crippen molar-refractivity contribution in [1.82, 2.24) is 4.40 Å². The molecule has 0 saturated heterocycles. The molecule has 0 unspecified atom stereocenters. The van der Waals surface area contributed by atoms with Gasteiger partial charge in [-0.1, -0.05) is 18.2 Å². The second kappa shape index (κ2) is 5.62. The van der Waals surface area contributed by atoms with E-state index in [0.717, 1.165) is 22.4 Å². The Bertz CT molecular complexity index is 790. The van der Waals surface area contributed by atoms with Crippen LogP contribution in [-0.2, 0) is 0 Å². The Hall–Kier alpha value is -2.26. The molecule has 0 aliphatic carbocycles. The molecule has 3 nitrogen and oxygen atoms in total. The average Bonchev–Trinajstić information content (AvgIpc) is 2.93. The number of methoxy groups -OCH3 is 1. The third-order valence-corrected chi connectivity index (χ3v) is 3.71. The van der Waals surface area contributed by atoms with Crippen molar-refractivity contribution in [2.45, 2.75) is 0 Å². The van der Waals surface area contributed by atoms with Crippen LogP contribution in [-0.4, -0.2) is 23.2 Å². The zero-order valence-corrected chi connectivity index (χ0v) is 12.3. The maximum atomic E-state index is 12.2. The smallest absolute Gasteiger partial charge is 0.194 e. The van der Waals surface area contributed by atoms with Gasteiger partial charge in [0.2, 0.25) is 0 Å². The summed E-state index contributed by atoms with van der Waals surface area (Å²) in [6, 6.07) is 15.5. The van der Waals surface area contributed by atoms with Crippen LogP contribution in [0, 0.1) is 0 Å². The zero-order valence-electron chi connectivity index (χ0n) is 11.5. The second-order valence-corrected chi connectivity index (χ2v) is 4.95. The number of ether oxygens (including phenoxy) is 1. The number of nitrogens with zero attached hydrogens (tertiary/aromatic N) is 1. The van der Waals surface area contributed by atoms with Crippen molar-refractivity contribution < 1.29 is 9.53 Å². The molecule has 0 spiro atoms. The average molecular weight is 300 g/mol. The lowest BCUT2D eigenvalue weighted by Crippen LogP contribution is -2.06. The second-order valence-electron chi connectivity index (χ2n) is 4.69. The van der Waals surface area contributed by atoms with Gasteiger partial charge in [-0.25, -0.2) is 0 Å². The number of hydrogen-bond acceptors (Lipinski definition) is 2. The van der Waals surface area contributed by atoms with E-state index in [4.69, 9.17) is 16.3 Å². The van der Waals surface area contributed by atoms with Crippen LogP contribution in [0.25, 0.3) is 16.6 Å². The topological polar surface area (TPSA) is 30.7 Å². The molecule has 3 rings (SSSR count). The van der Waals surface area contributed by atoms with Crippen molar-refractivity contribution in [3.05, 3.63) is 60.4 Å². The van der Waals surface area contributed by atoms with E-state index in [1.807, 2.05) is 59.1 Å². The summed E-state index contributed by atoms with van der Waals surface area (Å²) in [5.74, 6) is 0.658. The minimum Gasteiger partial charge on any atom is -0.497 e. The number of carbonyl (C=O) groups excluding carboxylic acids is 1. The number of aromatic nitrogens is 1. The quantitative estimate of drug-likeness (QED) is 0.538. The van der Waals surface area contributed by atoms with Crippen molar-refractivity contribution in [2.75, 3.05) is 13.0 Å². The number of carbonyl (C=O) groups is 1.